The number of amides is 1. The van der Waals surface area contributed by atoms with E-state index < -0.39 is 70.1 Å². The first kappa shape index (κ1) is 30.8. The molecule has 1 aliphatic rings. The van der Waals surface area contributed by atoms with Gasteiger partial charge in [0.2, 0.25) is 11.7 Å². The molecule has 40 heavy (non-hydrogen) atoms. The largest absolute Gasteiger partial charge is 0.326 e. The molecular weight excluding hydrogens is 684 g/mol. The van der Waals surface area contributed by atoms with E-state index in [1.54, 1.807) is 18.2 Å². The van der Waals surface area contributed by atoms with Gasteiger partial charge in [-0.15, -0.1) is 23.2 Å². The van der Waals surface area contributed by atoms with Crippen LogP contribution in [0.15, 0.2) is 53.0 Å². The van der Waals surface area contributed by atoms with Crippen molar-refractivity contribution in [2.75, 3.05) is 5.32 Å². The number of hydrogen-bond donors (Lipinski definition) is 1. The van der Waals surface area contributed by atoms with Crippen molar-refractivity contribution in [3.8, 4) is 0 Å². The molecule has 210 valence electrons. The molecule has 1 N–H and O–H groups in total. The fourth-order valence-electron chi connectivity index (χ4n) is 4.27. The molecule has 1 amide bonds. The van der Waals surface area contributed by atoms with E-state index >= 15 is 0 Å². The number of carbonyl (C=O) groups is 3. The number of benzene rings is 3. The van der Waals surface area contributed by atoms with E-state index in [2.05, 4.69) is 21.2 Å². The minimum Gasteiger partial charge on any atom is -0.326 e. The number of alkyl halides is 4. The molecule has 0 aliphatic heterocycles. The molecular formula is C27H16BrCl4F4NO3. The average molecular weight is 700 g/mol. The summed E-state index contributed by atoms with van der Waals surface area (Å²) in [5.41, 5.74) is -0.416. The summed E-state index contributed by atoms with van der Waals surface area (Å²) in [5, 5.41) is 3.10. The molecule has 0 radical (unpaired) electrons. The monoisotopic (exact) mass is 697 g/mol. The third-order valence-electron chi connectivity index (χ3n) is 6.38. The van der Waals surface area contributed by atoms with Crippen LogP contribution in [0.25, 0.3) is 0 Å². The summed E-state index contributed by atoms with van der Waals surface area (Å²) in [5.74, 6) is -6.74. The predicted molar refractivity (Wildman–Crippen MR) is 149 cm³/mol. The van der Waals surface area contributed by atoms with Crippen LogP contribution >= 0.6 is 62.3 Å². The molecule has 1 saturated carbocycles. The lowest BCUT2D eigenvalue weighted by atomic mass is 9.98. The standard InChI is InChI=1S/C27H16BrCl4F4NO3/c28-16-7-11(1-4-18(16)30)22-23(27(22,31)32)26(40)37-13-3-5-17(29)14(9-13)20(38)8-12-2-6-19(33)15(24(12)34)10-21(39)25(35)36/h1-7,9,22-23,25H,8,10H2,(H,37,40). The number of halogens is 9. The maximum absolute atomic E-state index is 14.9. The molecule has 4 nitrogen and oxygen atoms in total. The van der Waals surface area contributed by atoms with Crippen molar-refractivity contribution < 1.29 is 31.9 Å². The average Bonchev–Trinajstić information content (AvgIpc) is 3.47. The first-order chi connectivity index (χ1) is 18.7. The zero-order chi connectivity index (χ0) is 29.5. The molecule has 2 unspecified atom stereocenters. The Balaban J connectivity index is 1.51. The molecule has 1 aliphatic carbocycles. The van der Waals surface area contributed by atoms with Crippen molar-refractivity contribution in [3.63, 3.8) is 0 Å². The quantitative estimate of drug-likeness (QED) is 0.139. The van der Waals surface area contributed by atoms with Gasteiger partial charge in [0.15, 0.2) is 5.78 Å². The van der Waals surface area contributed by atoms with Crippen molar-refractivity contribution in [2.45, 2.75) is 29.5 Å². The van der Waals surface area contributed by atoms with Crippen molar-refractivity contribution >= 4 is 85.5 Å². The molecule has 0 saturated heterocycles. The highest BCUT2D eigenvalue weighted by Crippen LogP contribution is 2.65. The van der Waals surface area contributed by atoms with Crippen LogP contribution in [0.1, 0.15) is 33.0 Å². The highest BCUT2D eigenvalue weighted by atomic mass is 79.9. The molecule has 0 bridgehead atoms. The minimum atomic E-state index is -3.40. The molecule has 13 heteroatoms. The number of nitrogens with one attached hydrogen (secondary N) is 1. The SMILES string of the molecule is O=C(Cc1ccc(F)c(CC(=O)C(F)F)c1F)c1cc(NC(=O)C2C(c3ccc(Cl)c(Br)c3)C2(Cl)Cl)ccc1Cl. The van der Waals surface area contributed by atoms with E-state index in [1.165, 1.54) is 18.2 Å². The second-order valence-electron chi connectivity index (χ2n) is 9.03. The fourth-order valence-corrected chi connectivity index (χ4v) is 5.84. The van der Waals surface area contributed by atoms with Crippen LogP contribution in [-0.2, 0) is 22.4 Å². The van der Waals surface area contributed by atoms with Gasteiger partial charge in [-0.1, -0.05) is 35.3 Å². The summed E-state index contributed by atoms with van der Waals surface area (Å²) in [4.78, 5) is 37.4. The van der Waals surface area contributed by atoms with Gasteiger partial charge in [0.05, 0.1) is 16.0 Å². The van der Waals surface area contributed by atoms with E-state index in [0.29, 0.717) is 15.1 Å². The van der Waals surface area contributed by atoms with Crippen LogP contribution < -0.4 is 5.32 Å². The number of carbonyl (C=O) groups excluding carboxylic acids is 3. The highest BCUT2D eigenvalue weighted by Gasteiger charge is 2.67. The molecule has 4 rings (SSSR count). The number of Topliss-reactive ketones (excluding diaryl/α,β-unsaturated/α-hetero) is 2. The normalized spacial score (nSPS) is 17.6. The van der Waals surface area contributed by atoms with Gasteiger partial charge in [-0.25, -0.2) is 17.6 Å². The van der Waals surface area contributed by atoms with Gasteiger partial charge in [-0.2, -0.15) is 0 Å². The first-order valence-corrected chi connectivity index (χ1v) is 13.8. The van der Waals surface area contributed by atoms with E-state index in [0.717, 1.165) is 12.1 Å². The Morgan fingerprint density at radius 2 is 1.62 bits per heavy atom. The lowest BCUT2D eigenvalue weighted by molar-refractivity contribution is -0.128. The van der Waals surface area contributed by atoms with Crippen LogP contribution in [0, 0.1) is 17.6 Å². The Kier molecular flexibility index (Phi) is 9.22. The third-order valence-corrected chi connectivity index (χ3v) is 8.87. The molecule has 3 aromatic rings. The third kappa shape index (κ3) is 6.34. The number of anilines is 1. The van der Waals surface area contributed by atoms with Crippen molar-refractivity contribution in [1.82, 2.24) is 0 Å². The summed E-state index contributed by atoms with van der Waals surface area (Å²) in [7, 11) is 0. The van der Waals surface area contributed by atoms with E-state index in [9.17, 15) is 31.9 Å². The molecule has 3 aromatic carbocycles. The summed E-state index contributed by atoms with van der Waals surface area (Å²) < 4.78 is 53.3. The number of rotatable bonds is 9. The molecule has 2 atom stereocenters. The van der Waals surface area contributed by atoms with E-state index in [4.69, 9.17) is 46.4 Å². The Labute approximate surface area is 254 Å². The molecule has 0 spiro atoms. The van der Waals surface area contributed by atoms with Gasteiger partial charge in [0.1, 0.15) is 16.0 Å². The Hall–Kier alpha value is -2.17. The minimum absolute atomic E-state index is 0.0158. The van der Waals surface area contributed by atoms with Gasteiger partial charge >= 0.3 is 0 Å². The van der Waals surface area contributed by atoms with E-state index in [1.807, 2.05) is 0 Å². The Morgan fingerprint density at radius 1 is 0.950 bits per heavy atom. The Morgan fingerprint density at radius 3 is 2.27 bits per heavy atom. The van der Waals surface area contributed by atoms with Crippen LogP contribution in [0.2, 0.25) is 10.0 Å². The maximum Gasteiger partial charge on any atom is 0.296 e. The zero-order valence-corrected chi connectivity index (χ0v) is 24.5. The molecule has 1 fully saturated rings. The Bertz CT molecular complexity index is 1540. The van der Waals surface area contributed by atoms with Crippen molar-refractivity contribution in [1.29, 1.82) is 0 Å². The van der Waals surface area contributed by atoms with Gasteiger partial charge in [0.25, 0.3) is 6.43 Å². The summed E-state index contributed by atoms with van der Waals surface area (Å²) in [6, 6.07) is 10.9. The van der Waals surface area contributed by atoms with Crippen LogP contribution in [0.3, 0.4) is 0 Å². The second kappa shape index (κ2) is 12.0. The van der Waals surface area contributed by atoms with Crippen molar-refractivity contribution in [2.24, 2.45) is 5.92 Å². The van der Waals surface area contributed by atoms with Gasteiger partial charge in [-0.3, -0.25) is 14.4 Å². The lowest BCUT2D eigenvalue weighted by Gasteiger charge is -2.11. The topological polar surface area (TPSA) is 63.2 Å². The van der Waals surface area contributed by atoms with Gasteiger partial charge in [0, 0.05) is 40.0 Å². The predicted octanol–water partition coefficient (Wildman–Crippen LogP) is 8.36. The van der Waals surface area contributed by atoms with Gasteiger partial charge in [-0.05, 0) is 63.5 Å². The van der Waals surface area contributed by atoms with Crippen LogP contribution in [0.4, 0.5) is 23.2 Å². The number of hydrogen-bond acceptors (Lipinski definition) is 3. The summed E-state index contributed by atoms with van der Waals surface area (Å²) in [6.45, 7) is 0. The van der Waals surface area contributed by atoms with Crippen LogP contribution in [0.5, 0.6) is 0 Å². The molecule has 0 aromatic heterocycles. The smallest absolute Gasteiger partial charge is 0.296 e. The lowest BCUT2D eigenvalue weighted by Crippen LogP contribution is -2.18. The zero-order valence-electron chi connectivity index (χ0n) is 19.9. The van der Waals surface area contributed by atoms with Gasteiger partial charge < -0.3 is 5.32 Å². The van der Waals surface area contributed by atoms with Crippen molar-refractivity contribution in [3.05, 3.63) is 96.9 Å². The highest BCUT2D eigenvalue weighted by molar-refractivity contribution is 9.10. The number of ketones is 2. The first-order valence-electron chi connectivity index (χ1n) is 11.4. The second-order valence-corrected chi connectivity index (χ2v) is 12.1. The van der Waals surface area contributed by atoms with E-state index in [-0.39, 0.29) is 21.8 Å². The summed E-state index contributed by atoms with van der Waals surface area (Å²) >= 11 is 28.3. The molecule has 0 heterocycles. The van der Waals surface area contributed by atoms with Crippen LogP contribution in [-0.4, -0.2) is 28.2 Å². The maximum atomic E-state index is 14.9. The summed E-state index contributed by atoms with van der Waals surface area (Å²) in [6.07, 6.45) is -5.19. The fraction of sp³-hybridized carbons (Fsp3) is 0.222.